The standard InChI is InChI=1S/C35H39FN2O5.Na.H/c1-23(2)38-30(18-17-28(39)21-29(40)22-31(41)42)32(26-13-15-27(36)16-14-26)33(25-11-7-4-8-12-25)34(38)35(43)37-20-19-24-9-5-3-6-10-24;;/h3-16,23,28-29,39-40H,17-22H2,1-2H3,(H,37,43)(H,41,42);;/q;+1;-1/t28-,29-;;/m1../s1. The third kappa shape index (κ3) is 9.13. The van der Waals surface area contributed by atoms with E-state index < -0.39 is 24.6 Å². The zero-order chi connectivity index (χ0) is 30.9. The number of benzene rings is 3. The van der Waals surface area contributed by atoms with Gasteiger partial charge in [-0.15, -0.1) is 0 Å². The van der Waals surface area contributed by atoms with Crippen molar-refractivity contribution >= 4 is 11.9 Å². The number of nitrogens with one attached hydrogen (secondary N) is 1. The van der Waals surface area contributed by atoms with Gasteiger partial charge in [0.05, 0.1) is 18.6 Å². The summed E-state index contributed by atoms with van der Waals surface area (Å²) in [5, 5.41) is 32.9. The molecule has 0 spiro atoms. The molecule has 44 heavy (non-hydrogen) atoms. The maximum atomic E-state index is 14.1. The first-order chi connectivity index (χ1) is 20.7. The summed E-state index contributed by atoms with van der Waals surface area (Å²) in [6.45, 7) is 4.41. The molecule has 228 valence electrons. The third-order valence-electron chi connectivity index (χ3n) is 7.44. The number of halogens is 1. The summed E-state index contributed by atoms with van der Waals surface area (Å²) in [7, 11) is 0. The predicted octanol–water partition coefficient (Wildman–Crippen LogP) is 3.15. The van der Waals surface area contributed by atoms with Crippen molar-refractivity contribution < 1.29 is 60.3 Å². The van der Waals surface area contributed by atoms with Crippen molar-refractivity contribution in [1.82, 2.24) is 9.88 Å². The number of aliphatic carboxylic acids is 1. The van der Waals surface area contributed by atoms with Crippen molar-refractivity contribution in [3.05, 3.63) is 108 Å². The molecular formula is C35H40FN2NaO5. The Kier molecular flexibility index (Phi) is 13.4. The first-order valence-electron chi connectivity index (χ1n) is 14.6. The molecule has 0 aliphatic carbocycles. The first kappa shape index (κ1) is 35.2. The van der Waals surface area contributed by atoms with E-state index in [1.807, 2.05) is 79.1 Å². The molecule has 1 aromatic heterocycles. The van der Waals surface area contributed by atoms with Crippen molar-refractivity contribution in [2.75, 3.05) is 6.54 Å². The second kappa shape index (κ2) is 16.7. The Balaban J connectivity index is 0.00000353. The number of rotatable bonds is 14. The Labute approximate surface area is 281 Å². The van der Waals surface area contributed by atoms with E-state index in [0.717, 1.165) is 27.9 Å². The van der Waals surface area contributed by atoms with Crippen LogP contribution in [0, 0.1) is 5.82 Å². The van der Waals surface area contributed by atoms with Crippen molar-refractivity contribution in [2.24, 2.45) is 0 Å². The van der Waals surface area contributed by atoms with E-state index in [2.05, 4.69) is 5.32 Å². The summed E-state index contributed by atoms with van der Waals surface area (Å²) in [5.74, 6) is -1.76. The molecule has 0 aliphatic rings. The fourth-order valence-corrected chi connectivity index (χ4v) is 5.56. The smallest absolute Gasteiger partial charge is 1.00 e. The van der Waals surface area contributed by atoms with Gasteiger partial charge in [-0.05, 0) is 68.4 Å². The molecule has 0 unspecified atom stereocenters. The van der Waals surface area contributed by atoms with Gasteiger partial charge in [0, 0.05) is 29.4 Å². The molecule has 4 N–H and O–H groups in total. The summed E-state index contributed by atoms with van der Waals surface area (Å²) in [4.78, 5) is 25.1. The minimum absolute atomic E-state index is 0. The molecular weight excluding hydrogens is 570 g/mol. The zero-order valence-corrected chi connectivity index (χ0v) is 27.5. The molecule has 7 nitrogen and oxygen atoms in total. The predicted molar refractivity (Wildman–Crippen MR) is 166 cm³/mol. The maximum Gasteiger partial charge on any atom is 1.00 e. The van der Waals surface area contributed by atoms with Crippen molar-refractivity contribution in [1.29, 1.82) is 0 Å². The number of carboxylic acid groups (broad SMARTS) is 1. The molecule has 0 aliphatic heterocycles. The van der Waals surface area contributed by atoms with Crippen molar-refractivity contribution in [3.8, 4) is 22.3 Å². The molecule has 3 aromatic carbocycles. The second-order valence-corrected chi connectivity index (χ2v) is 11.1. The van der Waals surface area contributed by atoms with Crippen molar-refractivity contribution in [3.63, 3.8) is 0 Å². The number of aliphatic hydroxyl groups excluding tert-OH is 2. The van der Waals surface area contributed by atoms with Gasteiger partial charge in [-0.1, -0.05) is 72.8 Å². The minimum Gasteiger partial charge on any atom is -1.00 e. The van der Waals surface area contributed by atoms with E-state index in [4.69, 9.17) is 5.11 Å². The van der Waals surface area contributed by atoms with Crippen LogP contribution in [0.3, 0.4) is 0 Å². The molecule has 1 heterocycles. The van der Waals surface area contributed by atoms with Crippen LogP contribution in [-0.4, -0.2) is 50.5 Å². The number of aromatic nitrogens is 1. The normalized spacial score (nSPS) is 12.4. The van der Waals surface area contributed by atoms with Crippen LogP contribution in [0.15, 0.2) is 84.9 Å². The van der Waals surface area contributed by atoms with Gasteiger partial charge in [0.2, 0.25) is 0 Å². The Morgan fingerprint density at radius 2 is 1.43 bits per heavy atom. The van der Waals surface area contributed by atoms with E-state index in [-0.39, 0.29) is 61.6 Å². The van der Waals surface area contributed by atoms with Gasteiger partial charge >= 0.3 is 35.5 Å². The summed E-state index contributed by atoms with van der Waals surface area (Å²) >= 11 is 0. The van der Waals surface area contributed by atoms with Gasteiger partial charge in [-0.25, -0.2) is 4.39 Å². The van der Waals surface area contributed by atoms with Gasteiger partial charge < -0.3 is 26.6 Å². The number of hydrogen-bond acceptors (Lipinski definition) is 4. The van der Waals surface area contributed by atoms with E-state index in [9.17, 15) is 24.2 Å². The van der Waals surface area contributed by atoms with Crippen molar-refractivity contribution in [2.45, 2.75) is 64.2 Å². The Morgan fingerprint density at radius 3 is 2.02 bits per heavy atom. The third-order valence-corrected chi connectivity index (χ3v) is 7.44. The molecule has 9 heteroatoms. The fraction of sp³-hybridized carbons (Fsp3) is 0.314. The zero-order valence-electron chi connectivity index (χ0n) is 26.5. The monoisotopic (exact) mass is 610 g/mol. The Bertz CT molecular complexity index is 1510. The topological polar surface area (TPSA) is 112 Å². The minimum atomic E-state index is -1.17. The molecule has 1 amide bonds. The van der Waals surface area contributed by atoms with E-state index in [1.54, 1.807) is 12.1 Å². The summed E-state index contributed by atoms with van der Waals surface area (Å²) in [6.07, 6.45) is -1.45. The van der Waals surface area contributed by atoms with Gasteiger partial charge in [0.25, 0.3) is 5.91 Å². The average molecular weight is 611 g/mol. The molecule has 0 saturated heterocycles. The van der Waals surface area contributed by atoms with Gasteiger partial charge in [0.1, 0.15) is 11.5 Å². The quantitative estimate of drug-likeness (QED) is 0.164. The molecule has 4 aromatic rings. The van der Waals surface area contributed by atoms with Crippen LogP contribution in [-0.2, 0) is 17.6 Å². The van der Waals surface area contributed by atoms with Crippen LogP contribution in [0.1, 0.15) is 62.3 Å². The molecule has 0 fully saturated rings. The number of carbonyl (C=O) groups excluding carboxylic acids is 1. The first-order valence-corrected chi connectivity index (χ1v) is 14.6. The van der Waals surface area contributed by atoms with Crippen LogP contribution in [0.5, 0.6) is 0 Å². The van der Waals surface area contributed by atoms with Gasteiger partial charge in [-0.2, -0.15) is 0 Å². The molecule has 0 bridgehead atoms. The Morgan fingerprint density at radius 1 is 0.841 bits per heavy atom. The maximum absolute atomic E-state index is 14.1. The number of nitrogens with zero attached hydrogens (tertiary/aromatic N) is 1. The van der Waals surface area contributed by atoms with E-state index >= 15 is 0 Å². The van der Waals surface area contributed by atoms with Crippen LogP contribution in [0.2, 0.25) is 0 Å². The number of hydrogen-bond donors (Lipinski definition) is 4. The molecule has 2 atom stereocenters. The summed E-state index contributed by atoms with van der Waals surface area (Å²) < 4.78 is 16.0. The van der Waals surface area contributed by atoms with Gasteiger partial charge in [0.15, 0.2) is 0 Å². The van der Waals surface area contributed by atoms with E-state index in [0.29, 0.717) is 30.6 Å². The SMILES string of the molecule is CC(C)n1c(CC[C@@H](O)C[C@@H](O)CC(=O)O)c(-c2ccc(F)cc2)c(-c2ccccc2)c1C(=O)NCCc1ccccc1.[H-].[Na+]. The van der Waals surface area contributed by atoms with Crippen LogP contribution < -0.4 is 34.9 Å². The molecule has 0 saturated carbocycles. The second-order valence-electron chi connectivity index (χ2n) is 11.1. The average Bonchev–Trinajstić information content (AvgIpc) is 3.32. The number of carboxylic acids is 1. The Hall–Kier alpha value is -3.27. The van der Waals surface area contributed by atoms with Gasteiger partial charge in [-0.3, -0.25) is 9.59 Å². The number of amides is 1. The van der Waals surface area contributed by atoms with Crippen LogP contribution in [0.4, 0.5) is 4.39 Å². The number of carbonyl (C=O) groups is 2. The van der Waals surface area contributed by atoms with E-state index in [1.165, 1.54) is 12.1 Å². The largest absolute Gasteiger partial charge is 1.00 e. The summed E-state index contributed by atoms with van der Waals surface area (Å²) in [5.41, 5.74) is 5.42. The van der Waals surface area contributed by atoms with Crippen LogP contribution in [0.25, 0.3) is 22.3 Å². The molecule has 0 radical (unpaired) electrons. The summed E-state index contributed by atoms with van der Waals surface area (Å²) in [6, 6.07) is 25.5. The van der Waals surface area contributed by atoms with Crippen LogP contribution >= 0.6 is 0 Å². The molecule has 4 rings (SSSR count). The fourth-order valence-electron chi connectivity index (χ4n) is 5.56. The number of aliphatic hydroxyl groups is 2.